The van der Waals surface area contributed by atoms with Crippen molar-refractivity contribution in [2.45, 2.75) is 81.4 Å². The summed E-state index contributed by atoms with van der Waals surface area (Å²) in [5.74, 6) is -1.87. The van der Waals surface area contributed by atoms with Crippen molar-refractivity contribution in [1.29, 1.82) is 0 Å². The van der Waals surface area contributed by atoms with Crippen molar-refractivity contribution in [3.05, 3.63) is 35.1 Å². The zero-order chi connectivity index (χ0) is 26.3. The molecule has 0 radical (unpaired) electrons. The number of ether oxygens (including phenoxy) is 4. The molecule has 0 unspecified atom stereocenters. The van der Waals surface area contributed by atoms with E-state index in [2.05, 4.69) is 5.32 Å². The van der Waals surface area contributed by atoms with Gasteiger partial charge >= 0.3 is 0 Å². The molecule has 13 heteroatoms. The molecule has 2 heterocycles. The lowest BCUT2D eigenvalue weighted by Gasteiger charge is -2.41. The van der Waals surface area contributed by atoms with Gasteiger partial charge in [0.25, 0.3) is 0 Å². The SMILES string of the molecule is CC(=O)[C@H]1O[C@@H](OC2=CCC(/C=C(\C)C(=O)N[C@@H]3[C@H](O)[C@@H](O)[C@H]4OCO[C@H]4[C@@H]3O)=CC2=O)[C@@H](O)[C@@H]1O. The molecule has 198 valence electrons. The third-order valence-corrected chi connectivity index (χ3v) is 6.61. The van der Waals surface area contributed by atoms with Crippen LogP contribution in [-0.2, 0) is 33.3 Å². The molecular formula is C23H29NO12. The number of hydrogen-bond donors (Lipinski definition) is 6. The first-order chi connectivity index (χ1) is 17.0. The molecule has 36 heavy (non-hydrogen) atoms. The number of rotatable bonds is 6. The van der Waals surface area contributed by atoms with E-state index in [4.69, 9.17) is 18.9 Å². The largest absolute Gasteiger partial charge is 0.458 e. The predicted octanol–water partition coefficient (Wildman–Crippen LogP) is -2.91. The second-order valence-corrected chi connectivity index (χ2v) is 9.17. The number of allylic oxidation sites excluding steroid dienone is 4. The first-order valence-electron chi connectivity index (χ1n) is 11.4. The Hall–Kier alpha value is -2.49. The van der Waals surface area contributed by atoms with E-state index >= 15 is 0 Å². The number of hydrogen-bond acceptors (Lipinski definition) is 12. The Kier molecular flexibility index (Phi) is 7.73. The zero-order valence-electron chi connectivity index (χ0n) is 19.5. The predicted molar refractivity (Wildman–Crippen MR) is 117 cm³/mol. The highest BCUT2D eigenvalue weighted by atomic mass is 16.7. The van der Waals surface area contributed by atoms with Gasteiger partial charge < -0.3 is 49.8 Å². The van der Waals surface area contributed by atoms with Crippen LogP contribution in [0.2, 0.25) is 0 Å². The summed E-state index contributed by atoms with van der Waals surface area (Å²) >= 11 is 0. The number of Topliss-reactive ketones (excluding diaryl/α,β-unsaturated/α-hetero) is 1. The number of amides is 1. The van der Waals surface area contributed by atoms with E-state index < -0.39 is 78.6 Å². The van der Waals surface area contributed by atoms with E-state index in [1.54, 1.807) is 0 Å². The van der Waals surface area contributed by atoms with Crippen molar-refractivity contribution in [3.63, 3.8) is 0 Å². The summed E-state index contributed by atoms with van der Waals surface area (Å²) in [6.07, 6.45) is -7.43. The van der Waals surface area contributed by atoms with Gasteiger partial charge in [-0.15, -0.1) is 0 Å². The Bertz CT molecular complexity index is 1010. The first-order valence-corrected chi connectivity index (χ1v) is 11.4. The summed E-state index contributed by atoms with van der Waals surface area (Å²) in [6, 6.07) is -1.22. The Morgan fingerprint density at radius 3 is 2.28 bits per heavy atom. The van der Waals surface area contributed by atoms with E-state index in [-0.39, 0.29) is 24.5 Å². The third-order valence-electron chi connectivity index (χ3n) is 6.61. The Labute approximate surface area is 205 Å². The van der Waals surface area contributed by atoms with Crippen LogP contribution in [0.25, 0.3) is 0 Å². The minimum Gasteiger partial charge on any atom is -0.458 e. The third kappa shape index (κ3) is 5.01. The summed E-state index contributed by atoms with van der Waals surface area (Å²) in [6.45, 7) is 2.51. The fraction of sp³-hybridized carbons (Fsp3) is 0.609. The molecule has 6 N–H and O–H groups in total. The molecule has 0 aromatic carbocycles. The molecule has 0 spiro atoms. The lowest BCUT2D eigenvalue weighted by molar-refractivity contribution is -0.157. The average molecular weight is 511 g/mol. The molecule has 2 aliphatic heterocycles. The lowest BCUT2D eigenvalue weighted by atomic mass is 9.83. The van der Waals surface area contributed by atoms with E-state index in [0.29, 0.717) is 5.57 Å². The van der Waals surface area contributed by atoms with E-state index in [0.717, 1.165) is 0 Å². The summed E-state index contributed by atoms with van der Waals surface area (Å²) in [7, 11) is 0. The minimum absolute atomic E-state index is 0.148. The number of aliphatic hydroxyl groups excluding tert-OH is 5. The van der Waals surface area contributed by atoms with E-state index in [1.807, 2.05) is 0 Å². The molecule has 4 rings (SSSR count). The molecular weight excluding hydrogens is 482 g/mol. The van der Waals surface area contributed by atoms with Crippen molar-refractivity contribution in [1.82, 2.24) is 5.32 Å². The molecule has 2 aliphatic carbocycles. The number of nitrogens with one attached hydrogen (secondary N) is 1. The molecule has 2 saturated heterocycles. The smallest absolute Gasteiger partial charge is 0.247 e. The molecule has 0 aromatic heterocycles. The van der Waals surface area contributed by atoms with E-state index in [9.17, 15) is 39.9 Å². The first kappa shape index (κ1) is 26.6. The summed E-state index contributed by atoms with van der Waals surface area (Å²) in [4.78, 5) is 36.7. The van der Waals surface area contributed by atoms with E-state index in [1.165, 1.54) is 32.1 Å². The standard InChI is InChI=1S/C23H29NO12/c1-8(22(32)24-13-14(27)16(29)21-20(15(13)28)33-7-34-21)5-10-3-4-12(11(26)6-10)35-23-18(31)17(30)19(36-23)9(2)25/h4-6,13-21,23,27-31H,3,7H2,1-2H3,(H,24,32)/b8-5+/t13-,14+,15-,16-,17+,18+,19-,20+,21-,23-/m1/s1. The van der Waals surface area contributed by atoms with Crippen LogP contribution in [0.5, 0.6) is 0 Å². The molecule has 13 nitrogen and oxygen atoms in total. The lowest BCUT2D eigenvalue weighted by Crippen LogP contribution is -2.67. The normalized spacial score (nSPS) is 40.9. The fourth-order valence-corrected chi connectivity index (χ4v) is 4.59. The second kappa shape index (κ2) is 10.5. The van der Waals surface area contributed by atoms with Gasteiger partial charge in [0.05, 0.1) is 6.04 Å². The van der Waals surface area contributed by atoms with Crippen LogP contribution >= 0.6 is 0 Å². The van der Waals surface area contributed by atoms with Crippen LogP contribution in [0.3, 0.4) is 0 Å². The highest BCUT2D eigenvalue weighted by Crippen LogP contribution is 2.30. The van der Waals surface area contributed by atoms with Gasteiger partial charge in [0, 0.05) is 5.57 Å². The van der Waals surface area contributed by atoms with Crippen molar-refractivity contribution in [2.24, 2.45) is 0 Å². The highest BCUT2D eigenvalue weighted by Gasteiger charge is 2.53. The maximum absolute atomic E-state index is 12.7. The Balaban J connectivity index is 1.36. The summed E-state index contributed by atoms with van der Waals surface area (Å²) in [5, 5.41) is 53.5. The molecule has 0 bridgehead atoms. The molecule has 10 atom stereocenters. The molecule has 1 amide bonds. The zero-order valence-corrected chi connectivity index (χ0v) is 19.5. The maximum Gasteiger partial charge on any atom is 0.247 e. The number of ketones is 2. The van der Waals surface area contributed by atoms with Gasteiger partial charge in [-0.25, -0.2) is 0 Å². The topological polar surface area (TPSA) is 201 Å². The Morgan fingerprint density at radius 2 is 1.67 bits per heavy atom. The molecule has 3 fully saturated rings. The van der Waals surface area contributed by atoms with Gasteiger partial charge in [0.1, 0.15) is 55.6 Å². The molecule has 1 saturated carbocycles. The summed E-state index contributed by atoms with van der Waals surface area (Å²) < 4.78 is 21.0. The van der Waals surface area contributed by atoms with Gasteiger partial charge in [0.15, 0.2) is 11.5 Å². The highest BCUT2D eigenvalue weighted by molar-refractivity contribution is 6.04. The van der Waals surface area contributed by atoms with Crippen molar-refractivity contribution in [3.8, 4) is 0 Å². The van der Waals surface area contributed by atoms with Crippen molar-refractivity contribution in [2.75, 3.05) is 6.79 Å². The van der Waals surface area contributed by atoms with Crippen LogP contribution < -0.4 is 5.32 Å². The maximum atomic E-state index is 12.7. The van der Waals surface area contributed by atoms with Gasteiger partial charge in [-0.1, -0.05) is 6.08 Å². The van der Waals surface area contributed by atoms with Crippen LogP contribution in [0.1, 0.15) is 20.3 Å². The number of carbonyl (C=O) groups excluding carboxylic acids is 3. The number of carbonyl (C=O) groups is 3. The van der Waals surface area contributed by atoms with Crippen LogP contribution in [0.15, 0.2) is 35.1 Å². The quantitative estimate of drug-likeness (QED) is 0.199. The van der Waals surface area contributed by atoms with Gasteiger partial charge in [-0.05, 0) is 38.0 Å². The Morgan fingerprint density at radius 1 is 1.00 bits per heavy atom. The van der Waals surface area contributed by atoms with Gasteiger partial charge in [-0.2, -0.15) is 0 Å². The van der Waals surface area contributed by atoms with Gasteiger partial charge in [-0.3, -0.25) is 14.4 Å². The average Bonchev–Trinajstić information content (AvgIpc) is 3.43. The van der Waals surface area contributed by atoms with Crippen molar-refractivity contribution < 1.29 is 58.9 Å². The number of aliphatic hydroxyl groups is 5. The summed E-state index contributed by atoms with van der Waals surface area (Å²) in [5.41, 5.74) is 0.611. The van der Waals surface area contributed by atoms with Crippen LogP contribution in [0.4, 0.5) is 0 Å². The van der Waals surface area contributed by atoms with Gasteiger partial charge in [0.2, 0.25) is 18.0 Å². The fourth-order valence-electron chi connectivity index (χ4n) is 4.59. The molecule has 4 aliphatic rings. The van der Waals surface area contributed by atoms with Crippen LogP contribution in [0, 0.1) is 0 Å². The van der Waals surface area contributed by atoms with Crippen LogP contribution in [-0.4, -0.2) is 111 Å². The van der Waals surface area contributed by atoms with Crippen molar-refractivity contribution >= 4 is 17.5 Å². The monoisotopic (exact) mass is 511 g/mol. The number of fused-ring (bicyclic) bond motifs is 1. The minimum atomic E-state index is -1.52. The molecule has 0 aromatic rings. The second-order valence-electron chi connectivity index (χ2n) is 9.17.